The number of nitrogens with zero attached hydrogens (tertiary/aromatic N) is 3. The third-order valence-corrected chi connectivity index (χ3v) is 11.6. The van der Waals surface area contributed by atoms with Gasteiger partial charge in [0.2, 0.25) is 17.7 Å². The molecule has 3 aromatic rings. The third-order valence-electron chi connectivity index (χ3n) is 11.1. The van der Waals surface area contributed by atoms with Gasteiger partial charge in [-0.15, -0.1) is 24.8 Å². The SMILES string of the molecule is CCOC(C)=O.CN1C(=O)C(N)CCc2cc(C(C)(O)O)ccc21.CN1C(=O)C(NC(=O)OC(C)(C)C)CCc2cc(Br)ccc21.CN1C(=O)C(NC(=O)OC(C)(C)C)CCc2cc(C(C)(O)O)ccc21.Cl.Cl. The van der Waals surface area contributed by atoms with E-state index in [-0.39, 0.29) is 48.5 Å². The van der Waals surface area contributed by atoms with Gasteiger partial charge in [-0.1, -0.05) is 28.1 Å². The molecule has 3 unspecified atom stereocenters. The molecule has 3 atom stereocenters. The first-order chi connectivity index (χ1) is 32.6. The number of hydrogen-bond acceptors (Lipinski definition) is 14. The van der Waals surface area contributed by atoms with E-state index in [1.807, 2.05) is 18.2 Å². The average molecular weight is 1130 g/mol. The van der Waals surface area contributed by atoms with Gasteiger partial charge in [-0.2, -0.15) is 0 Å². The number of halogens is 3. The number of anilines is 3. The van der Waals surface area contributed by atoms with E-state index in [1.54, 1.807) is 111 Å². The van der Waals surface area contributed by atoms with Crippen LogP contribution in [0.3, 0.4) is 0 Å². The van der Waals surface area contributed by atoms with Crippen molar-refractivity contribution in [3.63, 3.8) is 0 Å². The predicted molar refractivity (Wildman–Crippen MR) is 287 cm³/mol. The van der Waals surface area contributed by atoms with Gasteiger partial charge in [0.25, 0.3) is 0 Å². The van der Waals surface area contributed by atoms with Crippen LogP contribution in [-0.4, -0.2) is 113 Å². The fourth-order valence-electron chi connectivity index (χ4n) is 7.62. The van der Waals surface area contributed by atoms with Crippen molar-refractivity contribution in [3.8, 4) is 0 Å². The highest BCUT2D eigenvalue weighted by Gasteiger charge is 2.34. The number of aliphatic hydroxyl groups is 4. The smallest absolute Gasteiger partial charge is 0.408 e. The largest absolute Gasteiger partial charge is 0.466 e. The van der Waals surface area contributed by atoms with E-state index in [9.17, 15) is 49.2 Å². The fourth-order valence-corrected chi connectivity index (χ4v) is 8.03. The van der Waals surface area contributed by atoms with Gasteiger partial charge in [0.1, 0.15) is 23.3 Å². The lowest BCUT2D eigenvalue weighted by Crippen LogP contribution is -2.48. The summed E-state index contributed by atoms with van der Waals surface area (Å²) in [6, 6.07) is 14.0. The Kier molecular flexibility index (Phi) is 24.8. The third kappa shape index (κ3) is 20.3. The quantitative estimate of drug-likeness (QED) is 0.0829. The van der Waals surface area contributed by atoms with Gasteiger partial charge in [-0.05, 0) is 160 Å². The number of ether oxygens (including phenoxy) is 3. The number of fused-ring (bicyclic) bond motifs is 3. The normalized spacial score (nSPS) is 17.6. The number of benzene rings is 3. The molecule has 6 rings (SSSR count). The summed E-state index contributed by atoms with van der Waals surface area (Å²) in [5.74, 6) is -4.51. The Labute approximate surface area is 449 Å². The minimum atomic E-state index is -1.95. The van der Waals surface area contributed by atoms with E-state index in [1.165, 1.54) is 30.6 Å². The number of esters is 1. The van der Waals surface area contributed by atoms with Crippen molar-refractivity contribution in [2.75, 3.05) is 42.4 Å². The second-order valence-electron chi connectivity index (χ2n) is 19.7. The first kappa shape index (κ1) is 66.0. The lowest BCUT2D eigenvalue weighted by Gasteiger charge is -2.25. The highest BCUT2D eigenvalue weighted by molar-refractivity contribution is 9.10. The number of carbonyl (C=O) groups excluding carboxylic acids is 6. The molecule has 0 saturated heterocycles. The standard InChI is InChI=1S/C18H26N2O5.C16H21BrN2O3.C13H18N2O3.C4H8O2.2ClH/c1-17(2,3)25-16(22)19-13-8-6-11-10-12(18(4,23)24)7-9-14(11)20(5)15(13)21;1-16(2,3)22-15(21)18-12-7-5-10-9-11(17)6-8-13(10)19(4)14(12)20;1-13(17,18)9-4-6-11-8(7-9)3-5-10(14)12(16)15(11)2;1-3-6-4(2)5;;/h7,9-10,13,23-24H,6,8H2,1-5H3,(H,19,22);6,8-9,12H,5,7H2,1-4H3,(H,18,21);4,6-7,10,17-18H,3,5,14H2,1-2H3;3H2,1-2H3;2*1H. The minimum absolute atomic E-state index is 0. The van der Waals surface area contributed by atoms with Crippen LogP contribution in [0.2, 0.25) is 0 Å². The Bertz CT molecular complexity index is 2400. The molecule has 408 valence electrons. The van der Waals surface area contributed by atoms with Gasteiger partial charge in [0, 0.05) is 60.7 Å². The van der Waals surface area contributed by atoms with Gasteiger partial charge in [0.15, 0.2) is 11.6 Å². The van der Waals surface area contributed by atoms with Crippen molar-refractivity contribution < 1.29 is 63.4 Å². The molecule has 22 heteroatoms. The maximum atomic E-state index is 12.6. The summed E-state index contributed by atoms with van der Waals surface area (Å²) in [7, 11) is 5.04. The monoisotopic (exact) mass is 1130 g/mol. The summed E-state index contributed by atoms with van der Waals surface area (Å²) in [5.41, 5.74) is 10.5. The number of nitrogens with two attached hydrogens (primary N) is 1. The lowest BCUT2D eigenvalue weighted by molar-refractivity contribution is -0.153. The number of nitrogens with one attached hydrogen (secondary N) is 2. The van der Waals surface area contributed by atoms with Crippen LogP contribution >= 0.6 is 40.7 Å². The number of aryl methyl sites for hydroxylation is 3. The Morgan fingerprint density at radius 3 is 1.29 bits per heavy atom. The number of amides is 5. The van der Waals surface area contributed by atoms with Crippen molar-refractivity contribution in [1.29, 1.82) is 0 Å². The number of carbonyl (C=O) groups is 6. The van der Waals surface area contributed by atoms with Crippen LogP contribution in [0, 0.1) is 0 Å². The number of hydrogen-bond donors (Lipinski definition) is 7. The highest BCUT2D eigenvalue weighted by atomic mass is 79.9. The Morgan fingerprint density at radius 2 is 0.959 bits per heavy atom. The summed E-state index contributed by atoms with van der Waals surface area (Å²) in [5, 5.41) is 44.0. The molecule has 3 heterocycles. The summed E-state index contributed by atoms with van der Waals surface area (Å²) in [4.78, 5) is 75.4. The highest BCUT2D eigenvalue weighted by Crippen LogP contribution is 2.32. The number of likely N-dealkylation sites (N-methyl/N-ethyl adjacent to an activating group) is 3. The van der Waals surface area contributed by atoms with Crippen molar-refractivity contribution in [2.45, 2.75) is 149 Å². The summed E-state index contributed by atoms with van der Waals surface area (Å²) in [6.45, 7) is 16.9. The fraction of sp³-hybridized carbons (Fsp3) is 0.529. The average Bonchev–Trinajstić information content (AvgIpc) is 3.49. The van der Waals surface area contributed by atoms with Crippen molar-refractivity contribution in [2.24, 2.45) is 5.73 Å². The summed E-state index contributed by atoms with van der Waals surface area (Å²) < 4.78 is 15.8. The molecule has 0 saturated carbocycles. The number of alkyl carbamates (subject to hydrolysis) is 2. The van der Waals surface area contributed by atoms with E-state index in [4.69, 9.17) is 15.2 Å². The summed E-state index contributed by atoms with van der Waals surface area (Å²) >= 11 is 3.45. The minimum Gasteiger partial charge on any atom is -0.466 e. The van der Waals surface area contributed by atoms with Crippen LogP contribution in [0.4, 0.5) is 26.7 Å². The molecule has 0 aromatic heterocycles. The molecule has 0 fully saturated rings. The van der Waals surface area contributed by atoms with Crippen LogP contribution in [0.5, 0.6) is 0 Å². The van der Waals surface area contributed by atoms with E-state index < -0.39 is 53.1 Å². The van der Waals surface area contributed by atoms with Crippen molar-refractivity contribution >= 4 is 93.7 Å². The van der Waals surface area contributed by atoms with Crippen molar-refractivity contribution in [1.82, 2.24) is 10.6 Å². The molecule has 19 nitrogen and oxygen atoms in total. The molecule has 0 radical (unpaired) electrons. The molecule has 0 bridgehead atoms. The molecule has 3 aromatic carbocycles. The van der Waals surface area contributed by atoms with Crippen molar-refractivity contribution in [3.05, 3.63) is 86.9 Å². The Morgan fingerprint density at radius 1 is 0.616 bits per heavy atom. The van der Waals surface area contributed by atoms with Gasteiger partial charge in [-0.25, -0.2) is 9.59 Å². The lowest BCUT2D eigenvalue weighted by atomic mass is 9.99. The van der Waals surface area contributed by atoms with Gasteiger partial charge in [-0.3, -0.25) is 19.2 Å². The number of rotatable bonds is 5. The maximum Gasteiger partial charge on any atom is 0.408 e. The first-order valence-corrected chi connectivity index (χ1v) is 24.1. The molecule has 0 spiro atoms. The molecule has 3 aliphatic heterocycles. The van der Waals surface area contributed by atoms with Crippen LogP contribution in [0.25, 0.3) is 0 Å². The zero-order valence-electron chi connectivity index (χ0n) is 44.0. The van der Waals surface area contributed by atoms with E-state index in [2.05, 4.69) is 31.3 Å². The van der Waals surface area contributed by atoms with E-state index >= 15 is 0 Å². The first-order valence-electron chi connectivity index (χ1n) is 23.3. The zero-order valence-corrected chi connectivity index (χ0v) is 47.2. The van der Waals surface area contributed by atoms with Crippen LogP contribution in [0.15, 0.2) is 59.1 Å². The molecule has 3 aliphatic rings. The van der Waals surface area contributed by atoms with Gasteiger partial charge in [0.05, 0.1) is 12.6 Å². The molecule has 73 heavy (non-hydrogen) atoms. The van der Waals surface area contributed by atoms with Crippen LogP contribution in [0.1, 0.15) is 116 Å². The maximum absolute atomic E-state index is 12.6. The second-order valence-corrected chi connectivity index (χ2v) is 20.7. The molecular formula is C51H75BrCl2N6O13. The topological polar surface area (TPSA) is 271 Å². The molecular weight excluding hydrogens is 1060 g/mol. The molecule has 5 amide bonds. The second kappa shape index (κ2) is 27.5. The van der Waals surface area contributed by atoms with E-state index in [0.29, 0.717) is 61.9 Å². The predicted octanol–water partition coefficient (Wildman–Crippen LogP) is 6.39. The van der Waals surface area contributed by atoms with Crippen LogP contribution < -0.4 is 31.1 Å². The molecule has 8 N–H and O–H groups in total. The Balaban J connectivity index is 0.000000516. The van der Waals surface area contributed by atoms with E-state index in [0.717, 1.165) is 32.5 Å². The van der Waals surface area contributed by atoms with Gasteiger partial charge < -0.3 is 65.7 Å². The van der Waals surface area contributed by atoms with Crippen LogP contribution in [-0.2, 0) is 64.2 Å². The molecule has 0 aliphatic carbocycles. The zero-order chi connectivity index (χ0) is 54.0. The summed E-state index contributed by atoms with van der Waals surface area (Å²) in [6.07, 6.45) is 2.18. The van der Waals surface area contributed by atoms with Gasteiger partial charge >= 0.3 is 18.2 Å². The Hall–Kier alpha value is -5.06.